The third kappa shape index (κ3) is 4.50. The lowest BCUT2D eigenvalue weighted by molar-refractivity contribution is -0.116. The van der Waals surface area contributed by atoms with Gasteiger partial charge in [-0.05, 0) is 49.1 Å². The second-order valence-electron chi connectivity index (χ2n) is 6.79. The topological polar surface area (TPSA) is 60.0 Å². The molecule has 2 aromatic carbocycles. The predicted octanol–water partition coefficient (Wildman–Crippen LogP) is 3.88. The highest BCUT2D eigenvalue weighted by Gasteiger charge is 2.17. The standard InChI is InChI=1S/C22H28N2O4/c1-26-19-14-16(15-20(27-2)22(19)28-3)10-11-21(25)23-17-8-4-5-9-18(17)24-12-6-7-13-24/h4-5,8-9,14-15H,6-7,10-13H2,1-3H3,(H,23,25). The molecule has 3 rings (SSSR count). The quantitative estimate of drug-likeness (QED) is 0.748. The van der Waals surface area contributed by atoms with E-state index < -0.39 is 0 Å². The van der Waals surface area contributed by atoms with Crippen LogP contribution >= 0.6 is 0 Å². The van der Waals surface area contributed by atoms with Crippen LogP contribution in [0.15, 0.2) is 36.4 Å². The second kappa shape index (κ2) is 9.35. The Kier molecular flexibility index (Phi) is 6.63. The molecule has 0 aromatic heterocycles. The van der Waals surface area contributed by atoms with Crippen LogP contribution in [0.3, 0.4) is 0 Å². The van der Waals surface area contributed by atoms with Gasteiger partial charge in [-0.1, -0.05) is 12.1 Å². The molecule has 1 aliphatic rings. The van der Waals surface area contributed by atoms with Gasteiger partial charge in [-0.3, -0.25) is 4.79 Å². The van der Waals surface area contributed by atoms with E-state index in [-0.39, 0.29) is 5.91 Å². The number of carbonyl (C=O) groups excluding carboxylic acids is 1. The van der Waals surface area contributed by atoms with Crippen molar-refractivity contribution in [1.29, 1.82) is 0 Å². The minimum absolute atomic E-state index is 0.0135. The lowest BCUT2D eigenvalue weighted by Crippen LogP contribution is -2.21. The molecule has 0 saturated carbocycles. The van der Waals surface area contributed by atoms with Gasteiger partial charge in [-0.25, -0.2) is 0 Å². The Balaban J connectivity index is 1.67. The fourth-order valence-corrected chi connectivity index (χ4v) is 3.56. The van der Waals surface area contributed by atoms with Crippen molar-refractivity contribution in [2.45, 2.75) is 25.7 Å². The lowest BCUT2D eigenvalue weighted by atomic mass is 10.1. The monoisotopic (exact) mass is 384 g/mol. The van der Waals surface area contributed by atoms with Gasteiger partial charge in [0.25, 0.3) is 0 Å². The van der Waals surface area contributed by atoms with Crippen LogP contribution in [-0.2, 0) is 11.2 Å². The van der Waals surface area contributed by atoms with Gasteiger partial charge in [0.1, 0.15) is 0 Å². The molecule has 0 unspecified atom stereocenters. The van der Waals surface area contributed by atoms with Gasteiger partial charge in [0, 0.05) is 19.5 Å². The van der Waals surface area contributed by atoms with Crippen LogP contribution in [0.1, 0.15) is 24.8 Å². The Morgan fingerprint density at radius 2 is 1.64 bits per heavy atom. The number of carbonyl (C=O) groups is 1. The fraction of sp³-hybridized carbons (Fsp3) is 0.409. The molecule has 0 radical (unpaired) electrons. The summed E-state index contributed by atoms with van der Waals surface area (Å²) in [7, 11) is 4.75. The molecule has 6 heteroatoms. The maximum atomic E-state index is 12.6. The number of hydrogen-bond donors (Lipinski definition) is 1. The molecule has 1 fully saturated rings. The number of nitrogens with one attached hydrogen (secondary N) is 1. The van der Waals surface area contributed by atoms with Gasteiger partial charge in [0.05, 0.1) is 32.7 Å². The molecule has 1 N–H and O–H groups in total. The number of ether oxygens (including phenoxy) is 3. The zero-order chi connectivity index (χ0) is 19.9. The van der Waals surface area contributed by atoms with Crippen molar-refractivity contribution in [3.63, 3.8) is 0 Å². The number of para-hydroxylation sites is 2. The SMILES string of the molecule is COc1cc(CCC(=O)Nc2ccccc2N2CCCC2)cc(OC)c1OC. The predicted molar refractivity (Wildman–Crippen MR) is 111 cm³/mol. The first-order valence-electron chi connectivity index (χ1n) is 9.59. The Hall–Kier alpha value is -2.89. The van der Waals surface area contributed by atoms with Crippen LogP contribution in [0.2, 0.25) is 0 Å². The van der Waals surface area contributed by atoms with E-state index in [1.54, 1.807) is 21.3 Å². The number of hydrogen-bond acceptors (Lipinski definition) is 5. The summed E-state index contributed by atoms with van der Waals surface area (Å²) in [5.74, 6) is 1.73. The van der Waals surface area contributed by atoms with E-state index in [0.717, 1.165) is 30.0 Å². The molecule has 1 saturated heterocycles. The van der Waals surface area contributed by atoms with Crippen LogP contribution in [0, 0.1) is 0 Å². The van der Waals surface area contributed by atoms with Crippen molar-refractivity contribution in [1.82, 2.24) is 0 Å². The summed E-state index contributed by atoms with van der Waals surface area (Å²) in [6.07, 6.45) is 3.34. The normalized spacial score (nSPS) is 13.3. The van der Waals surface area contributed by atoms with E-state index in [2.05, 4.69) is 16.3 Å². The van der Waals surface area contributed by atoms with Gasteiger partial charge in [-0.15, -0.1) is 0 Å². The molecule has 0 aliphatic carbocycles. The minimum atomic E-state index is -0.0135. The molecule has 6 nitrogen and oxygen atoms in total. The zero-order valence-corrected chi connectivity index (χ0v) is 16.8. The van der Waals surface area contributed by atoms with Crippen molar-refractivity contribution < 1.29 is 19.0 Å². The molecule has 0 bridgehead atoms. The molecule has 1 amide bonds. The summed E-state index contributed by atoms with van der Waals surface area (Å²) in [5, 5.41) is 3.07. The first-order valence-corrected chi connectivity index (χ1v) is 9.59. The van der Waals surface area contributed by atoms with E-state index in [4.69, 9.17) is 14.2 Å². The van der Waals surface area contributed by atoms with Crippen LogP contribution in [0.25, 0.3) is 0 Å². The molecule has 1 aliphatic heterocycles. The summed E-state index contributed by atoms with van der Waals surface area (Å²) in [5.41, 5.74) is 2.93. The van der Waals surface area contributed by atoms with Crippen molar-refractivity contribution in [3.8, 4) is 17.2 Å². The highest BCUT2D eigenvalue weighted by molar-refractivity contribution is 5.94. The Bertz CT molecular complexity index is 791. The maximum absolute atomic E-state index is 12.6. The van der Waals surface area contributed by atoms with Gasteiger partial charge < -0.3 is 24.4 Å². The highest BCUT2D eigenvalue weighted by Crippen LogP contribution is 2.38. The van der Waals surface area contributed by atoms with Crippen LogP contribution in [0.5, 0.6) is 17.2 Å². The number of anilines is 2. The molecular formula is C22H28N2O4. The minimum Gasteiger partial charge on any atom is -0.493 e. The number of rotatable bonds is 8. The average Bonchev–Trinajstić information content (AvgIpc) is 3.26. The first kappa shape index (κ1) is 19.9. The molecule has 0 spiro atoms. The van der Waals surface area contributed by atoms with Crippen LogP contribution in [-0.4, -0.2) is 40.3 Å². The van der Waals surface area contributed by atoms with E-state index in [9.17, 15) is 4.79 Å². The molecule has 1 heterocycles. The number of amides is 1. The van der Waals surface area contributed by atoms with Gasteiger partial charge >= 0.3 is 0 Å². The number of methoxy groups -OCH3 is 3. The van der Waals surface area contributed by atoms with E-state index >= 15 is 0 Å². The van der Waals surface area contributed by atoms with E-state index in [1.165, 1.54) is 12.8 Å². The molecule has 150 valence electrons. The summed E-state index contributed by atoms with van der Waals surface area (Å²) >= 11 is 0. The van der Waals surface area contributed by atoms with E-state index in [0.29, 0.717) is 30.1 Å². The number of benzene rings is 2. The highest BCUT2D eigenvalue weighted by atomic mass is 16.5. The van der Waals surface area contributed by atoms with Crippen LogP contribution in [0.4, 0.5) is 11.4 Å². The van der Waals surface area contributed by atoms with Crippen molar-refractivity contribution >= 4 is 17.3 Å². The Morgan fingerprint density at radius 3 is 2.25 bits per heavy atom. The van der Waals surface area contributed by atoms with Crippen LogP contribution < -0.4 is 24.4 Å². The summed E-state index contributed by atoms with van der Waals surface area (Å²) < 4.78 is 16.1. The fourth-order valence-electron chi connectivity index (χ4n) is 3.56. The van der Waals surface area contributed by atoms with Crippen molar-refractivity contribution in [2.75, 3.05) is 44.6 Å². The molecule has 0 atom stereocenters. The van der Waals surface area contributed by atoms with Crippen molar-refractivity contribution in [3.05, 3.63) is 42.0 Å². The molecular weight excluding hydrogens is 356 g/mol. The summed E-state index contributed by atoms with van der Waals surface area (Å²) in [4.78, 5) is 14.9. The molecule has 2 aromatic rings. The zero-order valence-electron chi connectivity index (χ0n) is 16.8. The second-order valence-corrected chi connectivity index (χ2v) is 6.79. The van der Waals surface area contributed by atoms with Gasteiger partial charge in [0.15, 0.2) is 11.5 Å². The average molecular weight is 384 g/mol. The number of nitrogens with zero attached hydrogens (tertiary/aromatic N) is 1. The van der Waals surface area contributed by atoms with E-state index in [1.807, 2.05) is 30.3 Å². The third-order valence-electron chi connectivity index (χ3n) is 4.99. The number of aryl methyl sites for hydroxylation is 1. The smallest absolute Gasteiger partial charge is 0.224 e. The lowest BCUT2D eigenvalue weighted by Gasteiger charge is -2.21. The van der Waals surface area contributed by atoms with Gasteiger partial charge in [0.2, 0.25) is 11.7 Å². The summed E-state index contributed by atoms with van der Waals surface area (Å²) in [6.45, 7) is 2.08. The Morgan fingerprint density at radius 1 is 1.00 bits per heavy atom. The first-order chi connectivity index (χ1) is 13.7. The van der Waals surface area contributed by atoms with Gasteiger partial charge in [-0.2, -0.15) is 0 Å². The Labute approximate surface area is 166 Å². The summed E-state index contributed by atoms with van der Waals surface area (Å²) in [6, 6.07) is 11.8. The third-order valence-corrected chi connectivity index (χ3v) is 4.99. The molecule has 28 heavy (non-hydrogen) atoms. The van der Waals surface area contributed by atoms with Crippen molar-refractivity contribution in [2.24, 2.45) is 0 Å². The maximum Gasteiger partial charge on any atom is 0.224 e. The largest absolute Gasteiger partial charge is 0.493 e.